The van der Waals surface area contributed by atoms with Crippen LogP contribution in [0.5, 0.6) is 0 Å². The highest BCUT2D eigenvalue weighted by molar-refractivity contribution is 5.43. The van der Waals surface area contributed by atoms with Gasteiger partial charge in [0, 0.05) is 12.0 Å². The van der Waals surface area contributed by atoms with E-state index in [1.807, 2.05) is 37.3 Å². The zero-order valence-corrected chi connectivity index (χ0v) is 7.49. The maximum Gasteiger partial charge on any atom is 0.177 e. The van der Waals surface area contributed by atoms with Gasteiger partial charge in [-0.3, -0.25) is 0 Å². The molecule has 0 aromatic heterocycles. The lowest BCUT2D eigenvalue weighted by Gasteiger charge is -2.13. The molecule has 0 fully saturated rings. The van der Waals surface area contributed by atoms with Crippen molar-refractivity contribution >= 4 is 0 Å². The molecule has 0 bridgehead atoms. The summed E-state index contributed by atoms with van der Waals surface area (Å²) in [6, 6.07) is 9.60. The van der Waals surface area contributed by atoms with E-state index in [9.17, 15) is 5.11 Å². The Morgan fingerprint density at radius 3 is 2.92 bits per heavy atom. The van der Waals surface area contributed by atoms with Gasteiger partial charge in [-0.1, -0.05) is 31.2 Å². The summed E-state index contributed by atoms with van der Waals surface area (Å²) in [5.41, 5.74) is 0.632. The number of rotatable bonds is 0. The van der Waals surface area contributed by atoms with E-state index in [0.29, 0.717) is 6.42 Å². The molecular formula is C11H11NO. The predicted octanol–water partition coefficient (Wildman–Crippen LogP) is 1.90. The molecule has 2 atom stereocenters. The van der Waals surface area contributed by atoms with Crippen molar-refractivity contribution in [2.24, 2.45) is 0 Å². The van der Waals surface area contributed by atoms with Crippen LogP contribution in [-0.4, -0.2) is 5.11 Å². The fraction of sp³-hybridized carbons (Fsp3) is 0.364. The van der Waals surface area contributed by atoms with E-state index < -0.39 is 5.60 Å². The molecule has 0 spiro atoms. The third-order valence-electron chi connectivity index (χ3n) is 2.72. The van der Waals surface area contributed by atoms with Crippen LogP contribution in [0.3, 0.4) is 0 Å². The zero-order valence-electron chi connectivity index (χ0n) is 7.49. The Bertz CT molecular complexity index is 380. The molecule has 2 rings (SSSR count). The Morgan fingerprint density at radius 2 is 2.23 bits per heavy atom. The summed E-state index contributed by atoms with van der Waals surface area (Å²) in [7, 11) is 0. The van der Waals surface area contributed by atoms with Crippen LogP contribution in [0.2, 0.25) is 0 Å². The fourth-order valence-electron chi connectivity index (χ4n) is 2.07. The summed E-state index contributed by atoms with van der Waals surface area (Å²) >= 11 is 0. The van der Waals surface area contributed by atoms with Gasteiger partial charge in [0.15, 0.2) is 5.60 Å². The van der Waals surface area contributed by atoms with Crippen LogP contribution in [0.15, 0.2) is 24.3 Å². The molecule has 0 heterocycles. The summed E-state index contributed by atoms with van der Waals surface area (Å²) in [4.78, 5) is 0. The van der Waals surface area contributed by atoms with E-state index in [4.69, 9.17) is 5.26 Å². The minimum absolute atomic E-state index is 0.279. The summed E-state index contributed by atoms with van der Waals surface area (Å²) in [5, 5.41) is 18.9. The first kappa shape index (κ1) is 8.28. The van der Waals surface area contributed by atoms with Gasteiger partial charge in [0.25, 0.3) is 0 Å². The van der Waals surface area contributed by atoms with Crippen molar-refractivity contribution in [1.29, 1.82) is 5.26 Å². The number of hydrogen-bond donors (Lipinski definition) is 1. The van der Waals surface area contributed by atoms with E-state index in [2.05, 4.69) is 0 Å². The standard InChI is InChI=1S/C11H11NO/c1-8-6-11(13,7-12)10-5-3-2-4-9(8)10/h2-5,8,13H,6H2,1H3. The molecule has 1 aliphatic carbocycles. The van der Waals surface area contributed by atoms with E-state index in [-0.39, 0.29) is 5.92 Å². The number of fused-ring (bicyclic) bond motifs is 1. The van der Waals surface area contributed by atoms with Gasteiger partial charge in [0.05, 0.1) is 0 Å². The maximum atomic E-state index is 9.96. The number of nitrogens with zero attached hydrogens (tertiary/aromatic N) is 1. The van der Waals surface area contributed by atoms with E-state index in [0.717, 1.165) is 11.1 Å². The topological polar surface area (TPSA) is 44.0 Å². The van der Waals surface area contributed by atoms with Crippen molar-refractivity contribution in [3.63, 3.8) is 0 Å². The second kappa shape index (κ2) is 2.58. The molecule has 0 saturated carbocycles. The normalized spacial score (nSPS) is 31.0. The number of aliphatic hydroxyl groups is 1. The highest BCUT2D eigenvalue weighted by atomic mass is 16.3. The minimum atomic E-state index is -1.25. The lowest BCUT2D eigenvalue weighted by atomic mass is 9.98. The van der Waals surface area contributed by atoms with Crippen LogP contribution in [0.25, 0.3) is 0 Å². The fourth-order valence-corrected chi connectivity index (χ4v) is 2.07. The van der Waals surface area contributed by atoms with Crippen LogP contribution < -0.4 is 0 Å². The molecule has 13 heavy (non-hydrogen) atoms. The molecule has 1 aromatic rings. The molecule has 2 nitrogen and oxygen atoms in total. The average molecular weight is 173 g/mol. The molecule has 1 aromatic carbocycles. The van der Waals surface area contributed by atoms with Crippen molar-refractivity contribution in [3.05, 3.63) is 35.4 Å². The Labute approximate surface area is 77.4 Å². The van der Waals surface area contributed by atoms with E-state index in [1.165, 1.54) is 0 Å². The lowest BCUT2D eigenvalue weighted by Crippen LogP contribution is -2.19. The van der Waals surface area contributed by atoms with Crippen molar-refractivity contribution < 1.29 is 5.11 Å². The average Bonchev–Trinajstić information content (AvgIpc) is 2.42. The van der Waals surface area contributed by atoms with Gasteiger partial charge >= 0.3 is 0 Å². The van der Waals surface area contributed by atoms with Gasteiger partial charge in [0.1, 0.15) is 6.07 Å². The number of benzene rings is 1. The monoisotopic (exact) mass is 173 g/mol. The third-order valence-corrected chi connectivity index (χ3v) is 2.72. The van der Waals surface area contributed by atoms with Crippen LogP contribution >= 0.6 is 0 Å². The second-order valence-corrected chi connectivity index (χ2v) is 3.66. The molecule has 66 valence electrons. The first-order chi connectivity index (χ1) is 6.17. The maximum absolute atomic E-state index is 9.96. The number of nitriles is 1. The van der Waals surface area contributed by atoms with Crippen LogP contribution in [-0.2, 0) is 5.60 Å². The van der Waals surface area contributed by atoms with Crippen molar-refractivity contribution in [2.75, 3.05) is 0 Å². The van der Waals surface area contributed by atoms with Crippen LogP contribution in [0.4, 0.5) is 0 Å². The molecule has 2 unspecified atom stereocenters. The molecule has 1 N–H and O–H groups in total. The summed E-state index contributed by atoms with van der Waals surface area (Å²) in [6.07, 6.45) is 0.517. The van der Waals surface area contributed by atoms with Gasteiger partial charge in [0.2, 0.25) is 0 Å². The molecule has 1 aliphatic rings. The minimum Gasteiger partial charge on any atom is -0.371 e. The van der Waals surface area contributed by atoms with E-state index >= 15 is 0 Å². The predicted molar refractivity (Wildman–Crippen MR) is 49.0 cm³/mol. The Kier molecular flexibility index (Phi) is 1.64. The zero-order chi connectivity index (χ0) is 9.47. The molecular weight excluding hydrogens is 162 g/mol. The highest BCUT2D eigenvalue weighted by Gasteiger charge is 2.40. The highest BCUT2D eigenvalue weighted by Crippen LogP contribution is 2.43. The molecule has 0 radical (unpaired) electrons. The Balaban J connectivity index is 2.61. The first-order valence-corrected chi connectivity index (χ1v) is 4.40. The smallest absolute Gasteiger partial charge is 0.177 e. The van der Waals surface area contributed by atoms with Crippen molar-refractivity contribution in [1.82, 2.24) is 0 Å². The Hall–Kier alpha value is -1.33. The summed E-state index contributed by atoms with van der Waals surface area (Å²) in [5.74, 6) is 0.279. The van der Waals surface area contributed by atoms with Crippen LogP contribution in [0, 0.1) is 11.3 Å². The first-order valence-electron chi connectivity index (χ1n) is 4.40. The quantitative estimate of drug-likeness (QED) is 0.609. The van der Waals surface area contributed by atoms with Gasteiger partial charge < -0.3 is 5.11 Å². The van der Waals surface area contributed by atoms with Gasteiger partial charge in [-0.05, 0) is 11.5 Å². The van der Waals surface area contributed by atoms with E-state index in [1.54, 1.807) is 0 Å². The summed E-state index contributed by atoms with van der Waals surface area (Å²) < 4.78 is 0. The van der Waals surface area contributed by atoms with Gasteiger partial charge in [-0.25, -0.2) is 0 Å². The lowest BCUT2D eigenvalue weighted by molar-refractivity contribution is 0.0953. The van der Waals surface area contributed by atoms with Gasteiger partial charge in [-0.15, -0.1) is 0 Å². The number of hydrogen-bond acceptors (Lipinski definition) is 2. The second-order valence-electron chi connectivity index (χ2n) is 3.66. The largest absolute Gasteiger partial charge is 0.371 e. The van der Waals surface area contributed by atoms with Crippen molar-refractivity contribution in [3.8, 4) is 6.07 Å². The van der Waals surface area contributed by atoms with Crippen LogP contribution in [0.1, 0.15) is 30.4 Å². The molecule has 0 amide bonds. The summed E-state index contributed by atoms with van der Waals surface area (Å²) in [6.45, 7) is 2.04. The third kappa shape index (κ3) is 1.05. The Morgan fingerprint density at radius 1 is 1.54 bits per heavy atom. The van der Waals surface area contributed by atoms with Crippen molar-refractivity contribution in [2.45, 2.75) is 24.9 Å². The molecule has 0 aliphatic heterocycles. The molecule has 0 saturated heterocycles. The molecule has 2 heteroatoms. The van der Waals surface area contributed by atoms with Gasteiger partial charge in [-0.2, -0.15) is 5.26 Å². The SMILES string of the molecule is CC1CC(O)(C#N)c2ccccc21.